The van der Waals surface area contributed by atoms with E-state index in [1.54, 1.807) is 0 Å². The summed E-state index contributed by atoms with van der Waals surface area (Å²) < 4.78 is 15.1. The number of unbranched alkanes of at least 4 members (excludes halogenated alkanes) is 13. The first kappa shape index (κ1) is 36.5. The van der Waals surface area contributed by atoms with Crippen molar-refractivity contribution in [1.82, 2.24) is 0 Å². The SMILES string of the molecule is CCCCCCCCCCCCCCCCSC[C@@H](O)COP(=O)([O-])C(=O)[O-].[Na+].[Na+]. The Labute approximate surface area is 232 Å². The molecule has 0 saturated carbocycles. The molecule has 0 rings (SSSR count). The first-order chi connectivity index (χ1) is 13.4. The van der Waals surface area contributed by atoms with E-state index in [-0.39, 0.29) is 59.1 Å². The van der Waals surface area contributed by atoms with Gasteiger partial charge in [-0.05, 0) is 12.2 Å². The first-order valence-corrected chi connectivity index (χ1v) is 13.5. The van der Waals surface area contributed by atoms with E-state index >= 15 is 0 Å². The maximum Gasteiger partial charge on any atom is 1.00 e. The maximum atomic E-state index is 10.9. The minimum atomic E-state index is -5.01. The summed E-state index contributed by atoms with van der Waals surface area (Å²) in [7, 11) is -5.01. The van der Waals surface area contributed by atoms with Gasteiger partial charge in [-0.1, -0.05) is 90.4 Å². The van der Waals surface area contributed by atoms with Crippen molar-refractivity contribution in [3.8, 4) is 0 Å². The predicted molar refractivity (Wildman–Crippen MR) is 113 cm³/mol. The van der Waals surface area contributed by atoms with Crippen LogP contribution in [0.3, 0.4) is 0 Å². The van der Waals surface area contributed by atoms with Gasteiger partial charge < -0.3 is 29.0 Å². The van der Waals surface area contributed by atoms with E-state index in [2.05, 4.69) is 11.4 Å². The summed E-state index contributed by atoms with van der Waals surface area (Å²) >= 11 is 1.52. The van der Waals surface area contributed by atoms with Crippen LogP contribution in [0.4, 0.5) is 4.79 Å². The van der Waals surface area contributed by atoms with Crippen LogP contribution in [0.15, 0.2) is 0 Å². The van der Waals surface area contributed by atoms with Gasteiger partial charge in [0.25, 0.3) is 0 Å². The first-order valence-electron chi connectivity index (χ1n) is 10.8. The standard InChI is InChI=1S/C20H41O6PS.2Na/c1-2-3-4-5-6-7-8-9-10-11-12-13-14-15-16-28-18-19(21)17-26-27(24,25)20(22)23;;/h19,21H,2-18H2,1H3,(H,22,23)(H,24,25);;/q;2*+1/p-2/t19-;;/m0../s1. The second-order valence-corrected chi connectivity index (χ2v) is 10.2. The van der Waals surface area contributed by atoms with Gasteiger partial charge in [-0.15, -0.1) is 0 Å². The molecule has 0 fully saturated rings. The molecule has 0 aromatic heterocycles. The third-order valence-electron chi connectivity index (χ3n) is 4.61. The number of hydrogen-bond donors (Lipinski definition) is 1. The fraction of sp³-hybridized carbons (Fsp3) is 0.950. The Morgan fingerprint density at radius 2 is 1.30 bits per heavy atom. The molecule has 2 atom stereocenters. The number of aliphatic hydroxyl groups is 1. The van der Waals surface area contributed by atoms with Gasteiger partial charge in [-0.25, -0.2) is 0 Å². The van der Waals surface area contributed by atoms with Crippen molar-refractivity contribution in [2.24, 2.45) is 0 Å². The van der Waals surface area contributed by atoms with E-state index in [1.165, 1.54) is 88.8 Å². The maximum absolute atomic E-state index is 10.9. The normalized spacial score (nSPS) is 13.7. The molecule has 0 spiro atoms. The number of hydrogen-bond acceptors (Lipinski definition) is 7. The predicted octanol–water partition coefficient (Wildman–Crippen LogP) is -1.52. The molecule has 1 unspecified atom stereocenters. The Hall–Kier alpha value is 1.93. The number of rotatable bonds is 21. The van der Waals surface area contributed by atoms with Crippen LogP contribution in [0, 0.1) is 0 Å². The molecular formula is C20H39Na2O6PS. The van der Waals surface area contributed by atoms with E-state index in [0.29, 0.717) is 5.75 Å². The summed E-state index contributed by atoms with van der Waals surface area (Å²) in [5, 5.41) is 19.8. The molecule has 0 heterocycles. The van der Waals surface area contributed by atoms with E-state index in [1.807, 2.05) is 0 Å². The summed E-state index contributed by atoms with van der Waals surface area (Å²) in [6.07, 6.45) is 17.4. The van der Waals surface area contributed by atoms with Gasteiger partial charge in [-0.2, -0.15) is 11.8 Å². The van der Waals surface area contributed by atoms with E-state index in [4.69, 9.17) is 0 Å². The number of aliphatic hydroxyl groups excluding tert-OH is 1. The molecular weight excluding hydrogens is 445 g/mol. The molecule has 0 saturated heterocycles. The van der Waals surface area contributed by atoms with E-state index in [9.17, 15) is 24.5 Å². The average Bonchev–Trinajstić information content (AvgIpc) is 2.66. The van der Waals surface area contributed by atoms with Crippen molar-refractivity contribution in [3.63, 3.8) is 0 Å². The van der Waals surface area contributed by atoms with Crippen LogP contribution in [0.2, 0.25) is 0 Å². The van der Waals surface area contributed by atoms with Gasteiger partial charge in [0.2, 0.25) is 0 Å². The summed E-state index contributed by atoms with van der Waals surface area (Å²) in [5.41, 5.74) is -2.25. The molecule has 0 amide bonds. The van der Waals surface area contributed by atoms with E-state index in [0.717, 1.165) is 18.6 Å². The summed E-state index contributed by atoms with van der Waals surface area (Å²) in [5.74, 6) is 1.22. The number of carbonyl (C=O) groups is 1. The number of thioether (sulfide) groups is 1. The molecule has 0 aromatic rings. The van der Waals surface area contributed by atoms with Crippen molar-refractivity contribution in [2.45, 2.75) is 103 Å². The van der Waals surface area contributed by atoms with Gasteiger partial charge in [0.1, 0.15) is 5.71 Å². The van der Waals surface area contributed by atoms with Crippen LogP contribution in [0.25, 0.3) is 0 Å². The quantitative estimate of drug-likeness (QED) is 0.120. The van der Waals surface area contributed by atoms with Crippen LogP contribution in [-0.2, 0) is 9.09 Å². The topological polar surface area (TPSA) is 110 Å². The number of carbonyl (C=O) groups excluding carboxylic acids is 1. The largest absolute Gasteiger partial charge is 1.00 e. The van der Waals surface area contributed by atoms with Gasteiger partial charge in [-0.3, -0.25) is 0 Å². The minimum absolute atomic E-state index is 0. The summed E-state index contributed by atoms with van der Waals surface area (Å²) in [6.45, 7) is 1.71. The molecule has 0 aliphatic heterocycles. The molecule has 0 aromatic carbocycles. The van der Waals surface area contributed by atoms with Crippen molar-refractivity contribution >= 4 is 25.1 Å². The molecule has 0 bridgehead atoms. The Bertz CT molecular complexity index is 432. The van der Waals surface area contributed by atoms with Gasteiger partial charge in [0.15, 0.2) is 7.60 Å². The minimum Gasteiger partial charge on any atom is -0.774 e. The van der Waals surface area contributed by atoms with E-state index < -0.39 is 26.0 Å². The third kappa shape index (κ3) is 24.6. The van der Waals surface area contributed by atoms with Gasteiger partial charge in [0.05, 0.1) is 12.7 Å². The van der Waals surface area contributed by atoms with Gasteiger partial charge in [0, 0.05) is 5.75 Å². The Kier molecular flexibility index (Phi) is 31.1. The average molecular weight is 485 g/mol. The molecule has 0 aliphatic rings. The molecule has 0 aliphatic carbocycles. The molecule has 1 N–H and O–H groups in total. The second-order valence-electron chi connectivity index (χ2n) is 7.38. The van der Waals surface area contributed by atoms with Crippen molar-refractivity contribution < 1.29 is 88.1 Å². The zero-order chi connectivity index (χ0) is 21.1. The van der Waals surface area contributed by atoms with Crippen molar-refractivity contribution in [2.75, 3.05) is 18.1 Å². The van der Waals surface area contributed by atoms with Crippen LogP contribution in [0.5, 0.6) is 0 Å². The van der Waals surface area contributed by atoms with Gasteiger partial charge >= 0.3 is 59.1 Å². The summed E-state index contributed by atoms with van der Waals surface area (Å²) in [4.78, 5) is 21.1. The molecule has 0 radical (unpaired) electrons. The zero-order valence-corrected chi connectivity index (χ0v) is 25.2. The van der Waals surface area contributed by atoms with Crippen LogP contribution < -0.4 is 69.1 Å². The monoisotopic (exact) mass is 484 g/mol. The smallest absolute Gasteiger partial charge is 0.774 e. The Morgan fingerprint density at radius 3 is 1.70 bits per heavy atom. The fourth-order valence-corrected chi connectivity index (χ4v) is 4.32. The molecule has 30 heavy (non-hydrogen) atoms. The number of carboxylic acid groups (broad SMARTS) is 1. The second kappa shape index (κ2) is 25.6. The van der Waals surface area contributed by atoms with Crippen LogP contribution in [-0.4, -0.2) is 35.0 Å². The fourth-order valence-electron chi connectivity index (χ4n) is 2.90. The Morgan fingerprint density at radius 1 is 0.900 bits per heavy atom. The molecule has 10 heteroatoms. The van der Waals surface area contributed by atoms with Crippen LogP contribution in [0.1, 0.15) is 96.8 Å². The summed E-state index contributed by atoms with van der Waals surface area (Å²) in [6, 6.07) is 0. The van der Waals surface area contributed by atoms with Crippen molar-refractivity contribution in [1.29, 1.82) is 0 Å². The molecule has 168 valence electrons. The van der Waals surface area contributed by atoms with Crippen LogP contribution >= 0.6 is 19.4 Å². The third-order valence-corrected chi connectivity index (χ3v) is 6.75. The van der Waals surface area contributed by atoms with Crippen molar-refractivity contribution in [3.05, 3.63) is 0 Å². The zero-order valence-electron chi connectivity index (χ0n) is 19.4. The molecule has 6 nitrogen and oxygen atoms in total. The Balaban J connectivity index is -0.00000364.